The highest BCUT2D eigenvalue weighted by molar-refractivity contribution is 6.01. The molecule has 5 heteroatoms. The third kappa shape index (κ3) is 5.04. The Morgan fingerprint density at radius 2 is 2.11 bits per heavy atom. The first-order valence-corrected chi connectivity index (χ1v) is 9.93. The average Bonchev–Trinajstić information content (AvgIpc) is 2.68. The highest BCUT2D eigenvalue weighted by Crippen LogP contribution is 2.35. The molecule has 0 aliphatic heterocycles. The van der Waals surface area contributed by atoms with Crippen LogP contribution in [0, 0.1) is 5.41 Å². The van der Waals surface area contributed by atoms with Crippen LogP contribution in [-0.4, -0.2) is 22.8 Å². The molecule has 2 aromatic rings. The van der Waals surface area contributed by atoms with Crippen molar-refractivity contribution in [1.29, 1.82) is 5.41 Å². The summed E-state index contributed by atoms with van der Waals surface area (Å²) in [4.78, 5) is 9.06. The van der Waals surface area contributed by atoms with Gasteiger partial charge >= 0.3 is 0 Å². The second-order valence-electron chi connectivity index (χ2n) is 7.11. The van der Waals surface area contributed by atoms with Crippen LogP contribution < -0.4 is 5.32 Å². The molecule has 150 valence electrons. The standard InChI is InChI=1S/C23H32N4O/c1-6-9-18-14-21(23(28-5,11-7-2)12-8-3)27-22(15-18)26-20-10-13-25-16-19(20)17(4)24/h7,10,13-16,24H,2,6,8-9,11-12H2,1,3-5H3,(H,25,26,27). The molecule has 0 aliphatic carbocycles. The number of aromatic nitrogens is 2. The highest BCUT2D eigenvalue weighted by Gasteiger charge is 2.32. The Balaban J connectivity index is 2.54. The SMILES string of the molecule is C=CCC(CCC)(OC)c1cc(CCC)cc(Nc2ccncc2C(C)=N)n1. The number of rotatable bonds is 11. The minimum Gasteiger partial charge on any atom is -0.372 e. The van der Waals surface area contributed by atoms with Crippen molar-refractivity contribution in [3.8, 4) is 0 Å². The Hall–Kier alpha value is -2.53. The molecule has 0 aliphatic rings. The van der Waals surface area contributed by atoms with Crippen LogP contribution in [0.4, 0.5) is 11.5 Å². The van der Waals surface area contributed by atoms with Crippen LogP contribution in [0.2, 0.25) is 0 Å². The topological polar surface area (TPSA) is 70.9 Å². The van der Waals surface area contributed by atoms with E-state index in [-0.39, 0.29) is 0 Å². The van der Waals surface area contributed by atoms with Crippen LogP contribution in [0.3, 0.4) is 0 Å². The zero-order valence-electron chi connectivity index (χ0n) is 17.5. The Kier molecular flexibility index (Phi) is 7.88. The van der Waals surface area contributed by atoms with Crippen LogP contribution in [0.15, 0.2) is 43.2 Å². The second-order valence-corrected chi connectivity index (χ2v) is 7.11. The predicted molar refractivity (Wildman–Crippen MR) is 117 cm³/mol. The Labute approximate surface area is 168 Å². The predicted octanol–water partition coefficient (Wildman–Crippen LogP) is 5.78. The third-order valence-electron chi connectivity index (χ3n) is 4.90. The fourth-order valence-electron chi connectivity index (χ4n) is 3.52. The summed E-state index contributed by atoms with van der Waals surface area (Å²) in [6.07, 6.45) is 9.92. The monoisotopic (exact) mass is 380 g/mol. The normalized spacial score (nSPS) is 13.0. The number of methoxy groups -OCH3 is 1. The van der Waals surface area contributed by atoms with Gasteiger partial charge < -0.3 is 15.5 Å². The van der Waals surface area contributed by atoms with Gasteiger partial charge in [-0.25, -0.2) is 4.98 Å². The van der Waals surface area contributed by atoms with Crippen molar-refractivity contribution in [1.82, 2.24) is 9.97 Å². The fraction of sp³-hybridized carbons (Fsp3) is 0.435. The molecule has 2 aromatic heterocycles. The van der Waals surface area contributed by atoms with Crippen molar-refractivity contribution in [2.24, 2.45) is 0 Å². The molecule has 28 heavy (non-hydrogen) atoms. The van der Waals surface area contributed by atoms with Crippen LogP contribution in [0.25, 0.3) is 0 Å². The molecule has 0 spiro atoms. The minimum atomic E-state index is -0.477. The smallest absolute Gasteiger partial charge is 0.131 e. The molecule has 0 fully saturated rings. The molecule has 0 radical (unpaired) electrons. The van der Waals surface area contributed by atoms with Gasteiger partial charge in [-0.2, -0.15) is 0 Å². The number of aryl methyl sites for hydroxylation is 1. The summed E-state index contributed by atoms with van der Waals surface area (Å²) in [5.74, 6) is 0.760. The maximum atomic E-state index is 8.00. The van der Waals surface area contributed by atoms with E-state index in [2.05, 4.69) is 42.9 Å². The van der Waals surface area contributed by atoms with Crippen LogP contribution >= 0.6 is 0 Å². The Bertz CT molecular complexity index is 818. The summed E-state index contributed by atoms with van der Waals surface area (Å²) >= 11 is 0. The number of pyridine rings is 2. The molecular weight excluding hydrogens is 348 g/mol. The van der Waals surface area contributed by atoms with Gasteiger partial charge in [0.15, 0.2) is 0 Å². The number of ether oxygens (including phenoxy) is 1. The lowest BCUT2D eigenvalue weighted by molar-refractivity contribution is -0.0239. The first-order chi connectivity index (χ1) is 13.5. The molecule has 2 rings (SSSR count). The van der Waals surface area contributed by atoms with Gasteiger partial charge in [0.05, 0.1) is 11.4 Å². The zero-order valence-corrected chi connectivity index (χ0v) is 17.5. The van der Waals surface area contributed by atoms with Gasteiger partial charge in [0.25, 0.3) is 0 Å². The van der Waals surface area contributed by atoms with Crippen molar-refractivity contribution in [3.63, 3.8) is 0 Å². The number of nitrogens with one attached hydrogen (secondary N) is 2. The molecule has 1 atom stereocenters. The van der Waals surface area contributed by atoms with E-state index >= 15 is 0 Å². The third-order valence-corrected chi connectivity index (χ3v) is 4.90. The summed E-state index contributed by atoms with van der Waals surface area (Å²) in [6.45, 7) is 10.0. The number of nitrogens with zero attached hydrogens (tertiary/aromatic N) is 2. The quantitative estimate of drug-likeness (QED) is 0.383. The summed E-state index contributed by atoms with van der Waals surface area (Å²) < 4.78 is 6.00. The van der Waals surface area contributed by atoms with Crippen molar-refractivity contribution < 1.29 is 4.74 Å². The molecule has 5 nitrogen and oxygen atoms in total. The molecule has 0 bridgehead atoms. The summed E-state index contributed by atoms with van der Waals surface area (Å²) in [5, 5.41) is 11.4. The van der Waals surface area contributed by atoms with E-state index in [0.717, 1.165) is 48.4 Å². The molecule has 1 unspecified atom stereocenters. The number of hydrogen-bond donors (Lipinski definition) is 2. The molecule has 0 saturated heterocycles. The van der Waals surface area contributed by atoms with Gasteiger partial charge in [0.2, 0.25) is 0 Å². The van der Waals surface area contributed by atoms with Crippen molar-refractivity contribution in [2.45, 2.75) is 58.5 Å². The van der Waals surface area contributed by atoms with Crippen molar-refractivity contribution in [3.05, 3.63) is 60.1 Å². The number of anilines is 2. The van der Waals surface area contributed by atoms with E-state index in [9.17, 15) is 0 Å². The fourth-order valence-corrected chi connectivity index (χ4v) is 3.52. The average molecular weight is 381 g/mol. The minimum absolute atomic E-state index is 0.462. The lowest BCUT2D eigenvalue weighted by Crippen LogP contribution is -2.29. The maximum absolute atomic E-state index is 8.00. The lowest BCUT2D eigenvalue weighted by Gasteiger charge is -2.31. The van der Waals surface area contributed by atoms with Gasteiger partial charge in [0.1, 0.15) is 11.4 Å². The molecule has 0 amide bonds. The van der Waals surface area contributed by atoms with Crippen molar-refractivity contribution >= 4 is 17.2 Å². The number of hydrogen-bond acceptors (Lipinski definition) is 5. The van der Waals surface area contributed by atoms with Gasteiger partial charge in [-0.1, -0.05) is 32.8 Å². The Morgan fingerprint density at radius 1 is 1.32 bits per heavy atom. The summed E-state index contributed by atoms with van der Waals surface area (Å²) in [5.41, 5.74) is 3.73. The second kappa shape index (κ2) is 10.1. The van der Waals surface area contributed by atoms with E-state index in [0.29, 0.717) is 12.1 Å². The molecule has 2 N–H and O–H groups in total. The summed E-state index contributed by atoms with van der Waals surface area (Å²) in [7, 11) is 1.75. The van der Waals surface area contributed by atoms with Crippen LogP contribution in [0.1, 0.15) is 63.3 Å². The molecule has 2 heterocycles. The van der Waals surface area contributed by atoms with E-state index in [1.807, 2.05) is 12.1 Å². The van der Waals surface area contributed by atoms with E-state index < -0.39 is 5.60 Å². The van der Waals surface area contributed by atoms with Crippen LogP contribution in [0.5, 0.6) is 0 Å². The zero-order chi connectivity index (χ0) is 20.6. The molecular formula is C23H32N4O. The van der Waals surface area contributed by atoms with Gasteiger partial charge in [-0.15, -0.1) is 6.58 Å². The largest absolute Gasteiger partial charge is 0.372 e. The molecule has 0 aromatic carbocycles. The van der Waals surface area contributed by atoms with Gasteiger partial charge in [0, 0.05) is 30.8 Å². The molecule has 0 saturated carbocycles. The first-order valence-electron chi connectivity index (χ1n) is 9.93. The lowest BCUT2D eigenvalue weighted by atomic mass is 9.88. The van der Waals surface area contributed by atoms with E-state index in [1.54, 1.807) is 26.4 Å². The van der Waals surface area contributed by atoms with Gasteiger partial charge in [-0.05, 0) is 49.9 Å². The summed E-state index contributed by atoms with van der Waals surface area (Å²) in [6, 6.07) is 6.12. The van der Waals surface area contributed by atoms with E-state index in [4.69, 9.17) is 15.1 Å². The first kappa shape index (κ1) is 21.8. The van der Waals surface area contributed by atoms with E-state index in [1.165, 1.54) is 5.56 Å². The maximum Gasteiger partial charge on any atom is 0.131 e. The van der Waals surface area contributed by atoms with Crippen molar-refractivity contribution in [2.75, 3.05) is 12.4 Å². The van der Waals surface area contributed by atoms with Crippen LogP contribution in [-0.2, 0) is 16.8 Å². The van der Waals surface area contributed by atoms with Gasteiger partial charge in [-0.3, -0.25) is 4.98 Å². The Morgan fingerprint density at radius 3 is 2.71 bits per heavy atom. The highest BCUT2D eigenvalue weighted by atomic mass is 16.5.